The van der Waals surface area contributed by atoms with Crippen LogP contribution in [0.3, 0.4) is 0 Å². The fourth-order valence-corrected chi connectivity index (χ4v) is 1.78. The minimum absolute atomic E-state index is 0.281. The number of rotatable bonds is 3. The lowest BCUT2D eigenvalue weighted by Gasteiger charge is -2.20. The first-order valence-electron chi connectivity index (χ1n) is 6.40. The van der Waals surface area contributed by atoms with Gasteiger partial charge in [0.05, 0.1) is 5.56 Å². The van der Waals surface area contributed by atoms with Crippen molar-refractivity contribution < 1.29 is 19.4 Å². The van der Waals surface area contributed by atoms with Crippen molar-refractivity contribution in [3.63, 3.8) is 0 Å². The van der Waals surface area contributed by atoms with Crippen LogP contribution in [-0.4, -0.2) is 22.8 Å². The Balaban J connectivity index is 2.77. The summed E-state index contributed by atoms with van der Waals surface area (Å²) in [7, 11) is 0. The normalized spacial score (nSPS) is 11.1. The lowest BCUT2D eigenvalue weighted by Crippen LogP contribution is -2.32. The van der Waals surface area contributed by atoms with Crippen LogP contribution in [0.2, 0.25) is 0 Å². The molecule has 1 rings (SSSR count). The van der Waals surface area contributed by atoms with Gasteiger partial charge < -0.3 is 15.2 Å². The summed E-state index contributed by atoms with van der Waals surface area (Å²) in [5.41, 5.74) is 2.11. The molecule has 110 valence electrons. The highest BCUT2D eigenvalue weighted by Crippen LogP contribution is 2.16. The van der Waals surface area contributed by atoms with E-state index in [-0.39, 0.29) is 5.56 Å². The molecule has 0 spiro atoms. The van der Waals surface area contributed by atoms with E-state index in [0.29, 0.717) is 12.1 Å². The van der Waals surface area contributed by atoms with Gasteiger partial charge in [0.1, 0.15) is 5.60 Å². The van der Waals surface area contributed by atoms with Crippen LogP contribution in [0.4, 0.5) is 4.79 Å². The summed E-state index contributed by atoms with van der Waals surface area (Å²) in [6.45, 7) is 9.25. The van der Waals surface area contributed by atoms with Crippen LogP contribution in [0.1, 0.15) is 47.8 Å². The number of benzene rings is 1. The van der Waals surface area contributed by atoms with E-state index in [1.807, 2.05) is 6.92 Å². The van der Waals surface area contributed by atoms with Gasteiger partial charge in [-0.3, -0.25) is 0 Å². The lowest BCUT2D eigenvalue weighted by molar-refractivity contribution is 0.0522. The minimum Gasteiger partial charge on any atom is -0.478 e. The molecule has 0 atom stereocenters. The predicted molar refractivity (Wildman–Crippen MR) is 75.9 cm³/mol. The number of alkyl carbamates (subject to hydrolysis) is 1. The summed E-state index contributed by atoms with van der Waals surface area (Å²) in [6, 6.07) is 3.39. The summed E-state index contributed by atoms with van der Waals surface area (Å²) in [4.78, 5) is 22.6. The molecule has 1 aromatic rings. The molecular formula is C15H21NO4. The van der Waals surface area contributed by atoms with Crippen molar-refractivity contribution >= 4 is 12.1 Å². The maximum absolute atomic E-state index is 11.6. The number of nitrogens with one attached hydrogen (secondary N) is 1. The zero-order chi connectivity index (χ0) is 15.5. The Bertz CT molecular complexity index is 529. The summed E-state index contributed by atoms with van der Waals surface area (Å²) >= 11 is 0. The molecular weight excluding hydrogens is 258 g/mol. The molecule has 0 aliphatic rings. The number of carboxylic acids is 1. The third kappa shape index (κ3) is 4.57. The van der Waals surface area contributed by atoms with E-state index < -0.39 is 17.7 Å². The second-order valence-corrected chi connectivity index (χ2v) is 5.75. The van der Waals surface area contributed by atoms with Crippen molar-refractivity contribution in [2.45, 2.75) is 46.8 Å². The molecule has 1 aromatic carbocycles. The predicted octanol–water partition coefficient (Wildman–Crippen LogP) is 3.03. The van der Waals surface area contributed by atoms with Crippen molar-refractivity contribution in [3.05, 3.63) is 34.4 Å². The Kier molecular flexibility index (Phi) is 4.76. The number of hydrogen-bond acceptors (Lipinski definition) is 3. The highest BCUT2D eigenvalue weighted by atomic mass is 16.6. The average Bonchev–Trinajstić information content (AvgIpc) is 2.27. The fraction of sp³-hybridized carbons (Fsp3) is 0.467. The molecule has 0 fully saturated rings. The van der Waals surface area contributed by atoms with Crippen LogP contribution < -0.4 is 5.32 Å². The zero-order valence-corrected chi connectivity index (χ0v) is 12.5. The Hall–Kier alpha value is -2.04. The van der Waals surface area contributed by atoms with Crippen LogP contribution >= 0.6 is 0 Å². The Morgan fingerprint density at radius 1 is 1.20 bits per heavy atom. The second kappa shape index (κ2) is 5.94. The van der Waals surface area contributed by atoms with Gasteiger partial charge in [-0.05, 0) is 57.4 Å². The number of ether oxygens (including phenoxy) is 1. The third-order valence-electron chi connectivity index (χ3n) is 2.74. The number of aryl methyl sites for hydroxylation is 2. The molecule has 5 nitrogen and oxygen atoms in total. The molecule has 0 aromatic heterocycles. The van der Waals surface area contributed by atoms with Crippen molar-refractivity contribution in [1.82, 2.24) is 5.32 Å². The summed E-state index contributed by atoms with van der Waals surface area (Å²) < 4.78 is 5.15. The molecule has 2 N–H and O–H groups in total. The fourth-order valence-electron chi connectivity index (χ4n) is 1.78. The Morgan fingerprint density at radius 2 is 1.80 bits per heavy atom. The van der Waals surface area contributed by atoms with Crippen LogP contribution in [-0.2, 0) is 11.3 Å². The van der Waals surface area contributed by atoms with E-state index in [4.69, 9.17) is 9.84 Å². The first-order chi connectivity index (χ1) is 9.10. The largest absolute Gasteiger partial charge is 0.478 e. The molecule has 0 saturated heterocycles. The molecule has 0 bridgehead atoms. The summed E-state index contributed by atoms with van der Waals surface area (Å²) in [5.74, 6) is -0.947. The van der Waals surface area contributed by atoms with E-state index in [9.17, 15) is 9.59 Å². The third-order valence-corrected chi connectivity index (χ3v) is 2.74. The maximum Gasteiger partial charge on any atom is 0.407 e. The Labute approximate surface area is 118 Å². The molecule has 0 aliphatic heterocycles. The van der Waals surface area contributed by atoms with Crippen LogP contribution in [0.25, 0.3) is 0 Å². The highest BCUT2D eigenvalue weighted by molar-refractivity contribution is 5.89. The highest BCUT2D eigenvalue weighted by Gasteiger charge is 2.16. The van der Waals surface area contributed by atoms with Gasteiger partial charge in [0.2, 0.25) is 0 Å². The quantitative estimate of drug-likeness (QED) is 0.891. The number of carbonyl (C=O) groups excluding carboxylic acids is 1. The van der Waals surface area contributed by atoms with E-state index in [0.717, 1.165) is 11.1 Å². The molecule has 5 heteroatoms. The SMILES string of the molecule is Cc1cc(C(=O)O)c(C)cc1CNC(=O)OC(C)(C)C. The smallest absolute Gasteiger partial charge is 0.407 e. The van der Waals surface area contributed by atoms with Crippen molar-refractivity contribution in [2.75, 3.05) is 0 Å². The molecule has 0 saturated carbocycles. The molecule has 0 heterocycles. The summed E-state index contributed by atoms with van der Waals surface area (Å²) in [6.07, 6.45) is -0.489. The van der Waals surface area contributed by atoms with Crippen molar-refractivity contribution in [3.8, 4) is 0 Å². The van der Waals surface area contributed by atoms with Gasteiger partial charge in [0.25, 0.3) is 0 Å². The molecule has 1 amide bonds. The number of aromatic carboxylic acids is 1. The number of carbonyl (C=O) groups is 2. The van der Waals surface area contributed by atoms with Gasteiger partial charge in [-0.15, -0.1) is 0 Å². The Morgan fingerprint density at radius 3 is 2.30 bits per heavy atom. The van der Waals surface area contributed by atoms with Gasteiger partial charge >= 0.3 is 12.1 Å². The number of hydrogen-bond donors (Lipinski definition) is 2. The van der Waals surface area contributed by atoms with Crippen molar-refractivity contribution in [2.24, 2.45) is 0 Å². The van der Waals surface area contributed by atoms with Gasteiger partial charge in [-0.1, -0.05) is 6.07 Å². The average molecular weight is 279 g/mol. The van der Waals surface area contributed by atoms with Gasteiger partial charge in [0, 0.05) is 6.54 Å². The maximum atomic E-state index is 11.6. The van der Waals surface area contributed by atoms with E-state index >= 15 is 0 Å². The zero-order valence-electron chi connectivity index (χ0n) is 12.5. The van der Waals surface area contributed by atoms with E-state index in [1.165, 1.54) is 0 Å². The number of amides is 1. The van der Waals surface area contributed by atoms with E-state index in [2.05, 4.69) is 5.32 Å². The second-order valence-electron chi connectivity index (χ2n) is 5.75. The van der Waals surface area contributed by atoms with Gasteiger partial charge in [-0.2, -0.15) is 0 Å². The number of carboxylic acid groups (broad SMARTS) is 1. The van der Waals surface area contributed by atoms with Crippen LogP contribution in [0, 0.1) is 13.8 Å². The monoisotopic (exact) mass is 279 g/mol. The molecule has 0 radical (unpaired) electrons. The molecule has 0 unspecified atom stereocenters. The topological polar surface area (TPSA) is 75.6 Å². The first-order valence-corrected chi connectivity index (χ1v) is 6.40. The van der Waals surface area contributed by atoms with Crippen LogP contribution in [0.15, 0.2) is 12.1 Å². The van der Waals surface area contributed by atoms with Gasteiger partial charge in [-0.25, -0.2) is 9.59 Å². The molecule has 0 aliphatic carbocycles. The first kappa shape index (κ1) is 16.0. The lowest BCUT2D eigenvalue weighted by atomic mass is 10.00. The van der Waals surface area contributed by atoms with E-state index in [1.54, 1.807) is 39.8 Å². The van der Waals surface area contributed by atoms with Crippen LogP contribution in [0.5, 0.6) is 0 Å². The molecule has 20 heavy (non-hydrogen) atoms. The van der Waals surface area contributed by atoms with Crippen molar-refractivity contribution in [1.29, 1.82) is 0 Å². The summed E-state index contributed by atoms with van der Waals surface area (Å²) in [5, 5.41) is 11.7. The van der Waals surface area contributed by atoms with Gasteiger partial charge in [0.15, 0.2) is 0 Å². The minimum atomic E-state index is -0.947. The standard InChI is InChI=1S/C15H21NO4/c1-9-7-12(13(17)18)10(2)6-11(9)8-16-14(19)20-15(3,4)5/h6-7H,8H2,1-5H3,(H,16,19)(H,17,18).